The van der Waals surface area contributed by atoms with Gasteiger partial charge in [0.15, 0.2) is 11.5 Å². The van der Waals surface area contributed by atoms with Crippen LogP contribution in [0.1, 0.15) is 23.9 Å². The first kappa shape index (κ1) is 18.7. The van der Waals surface area contributed by atoms with E-state index in [9.17, 15) is 0 Å². The Morgan fingerprint density at radius 2 is 1.96 bits per heavy atom. The molecule has 0 fully saturated rings. The fraction of sp³-hybridized carbons (Fsp3) is 0.350. The van der Waals surface area contributed by atoms with Crippen LogP contribution < -0.4 is 14.8 Å². The normalized spacial score (nSPS) is 10.7. The summed E-state index contributed by atoms with van der Waals surface area (Å²) in [5.74, 6) is 2.03. The molecule has 2 heterocycles. The molecule has 142 valence electrons. The van der Waals surface area contributed by atoms with E-state index in [1.54, 1.807) is 13.3 Å². The molecule has 27 heavy (non-hydrogen) atoms. The fourth-order valence-electron chi connectivity index (χ4n) is 3.01. The van der Waals surface area contributed by atoms with Crippen molar-refractivity contribution in [2.24, 2.45) is 7.05 Å². The molecule has 2 aromatic heterocycles. The van der Waals surface area contributed by atoms with Crippen molar-refractivity contribution in [1.29, 1.82) is 0 Å². The predicted molar refractivity (Wildman–Crippen MR) is 105 cm³/mol. The summed E-state index contributed by atoms with van der Waals surface area (Å²) < 4.78 is 12.8. The Morgan fingerprint density at radius 3 is 2.63 bits per heavy atom. The van der Waals surface area contributed by atoms with Crippen LogP contribution in [0.5, 0.6) is 11.5 Å². The Hall–Kier alpha value is -3.09. The van der Waals surface area contributed by atoms with Gasteiger partial charge in [0.2, 0.25) is 5.95 Å². The lowest BCUT2D eigenvalue weighted by Gasteiger charge is -2.12. The number of ether oxygens (including phenoxy) is 2. The van der Waals surface area contributed by atoms with E-state index in [0.29, 0.717) is 19.1 Å². The van der Waals surface area contributed by atoms with Crippen molar-refractivity contribution in [3.8, 4) is 22.8 Å². The predicted octanol–water partition coefficient (Wildman–Crippen LogP) is 3.51. The summed E-state index contributed by atoms with van der Waals surface area (Å²) in [6.45, 7) is 7.15. The molecule has 7 nitrogen and oxygen atoms in total. The van der Waals surface area contributed by atoms with Crippen molar-refractivity contribution < 1.29 is 9.47 Å². The topological polar surface area (TPSA) is 74.1 Å². The number of hydrogen-bond donors (Lipinski definition) is 1. The zero-order valence-electron chi connectivity index (χ0n) is 16.4. The molecule has 0 spiro atoms. The molecule has 0 atom stereocenters. The van der Waals surface area contributed by atoms with Crippen LogP contribution >= 0.6 is 0 Å². The number of hydrogen-bond acceptors (Lipinski definition) is 6. The second-order valence-electron chi connectivity index (χ2n) is 6.21. The zero-order valence-corrected chi connectivity index (χ0v) is 16.4. The van der Waals surface area contributed by atoms with Gasteiger partial charge < -0.3 is 14.8 Å². The number of anilines is 1. The molecule has 0 amide bonds. The summed E-state index contributed by atoms with van der Waals surface area (Å²) in [4.78, 5) is 8.99. The van der Waals surface area contributed by atoms with Crippen LogP contribution in [-0.4, -0.2) is 33.5 Å². The highest BCUT2D eigenvalue weighted by Gasteiger charge is 2.13. The fourth-order valence-corrected chi connectivity index (χ4v) is 3.01. The highest BCUT2D eigenvalue weighted by molar-refractivity contribution is 5.65. The minimum atomic E-state index is 0.573. The first-order valence-corrected chi connectivity index (χ1v) is 8.90. The average molecular weight is 367 g/mol. The Balaban J connectivity index is 1.78. The van der Waals surface area contributed by atoms with Gasteiger partial charge in [-0.15, -0.1) is 0 Å². The van der Waals surface area contributed by atoms with E-state index in [1.807, 2.05) is 56.8 Å². The molecule has 0 saturated carbocycles. The molecule has 3 aromatic rings. The third-order valence-corrected chi connectivity index (χ3v) is 4.40. The molecule has 0 aliphatic carbocycles. The average Bonchev–Trinajstić information content (AvgIpc) is 2.92. The van der Waals surface area contributed by atoms with E-state index in [-0.39, 0.29) is 0 Å². The molecule has 0 unspecified atom stereocenters. The van der Waals surface area contributed by atoms with Crippen molar-refractivity contribution in [2.45, 2.75) is 27.3 Å². The molecule has 0 saturated heterocycles. The summed E-state index contributed by atoms with van der Waals surface area (Å²) in [6.07, 6.45) is 1.76. The first-order valence-electron chi connectivity index (χ1n) is 8.90. The Morgan fingerprint density at radius 1 is 1.15 bits per heavy atom. The smallest absolute Gasteiger partial charge is 0.223 e. The molecule has 3 rings (SSSR count). The van der Waals surface area contributed by atoms with Crippen LogP contribution in [0, 0.1) is 13.8 Å². The minimum absolute atomic E-state index is 0.573. The maximum absolute atomic E-state index is 5.63. The first-order chi connectivity index (χ1) is 13.0. The number of nitrogens with zero attached hydrogens (tertiary/aromatic N) is 4. The molecular formula is C20H25N5O2. The largest absolute Gasteiger partial charge is 0.493 e. The van der Waals surface area contributed by atoms with Gasteiger partial charge in [-0.1, -0.05) is 6.07 Å². The van der Waals surface area contributed by atoms with Crippen molar-refractivity contribution in [3.63, 3.8) is 0 Å². The van der Waals surface area contributed by atoms with Crippen LogP contribution in [-0.2, 0) is 13.6 Å². The number of aromatic nitrogens is 4. The van der Waals surface area contributed by atoms with Crippen LogP contribution in [0.3, 0.4) is 0 Å². The van der Waals surface area contributed by atoms with Crippen LogP contribution in [0.15, 0.2) is 30.5 Å². The van der Waals surface area contributed by atoms with Crippen LogP contribution in [0.2, 0.25) is 0 Å². The van der Waals surface area contributed by atoms with Gasteiger partial charge in [-0.2, -0.15) is 5.10 Å². The molecule has 7 heteroatoms. The molecule has 0 radical (unpaired) electrons. The number of benzene rings is 1. The Kier molecular flexibility index (Phi) is 5.59. The lowest BCUT2D eigenvalue weighted by molar-refractivity contribution is 0.310. The SMILES string of the molecule is CCOc1cc(CNc2nccc(-c3c(C)nn(C)c3C)n2)ccc1OC. The number of aryl methyl sites for hydroxylation is 2. The highest BCUT2D eigenvalue weighted by Crippen LogP contribution is 2.28. The highest BCUT2D eigenvalue weighted by atomic mass is 16.5. The summed E-state index contributed by atoms with van der Waals surface area (Å²) in [6, 6.07) is 7.77. The van der Waals surface area contributed by atoms with Crippen LogP contribution in [0.25, 0.3) is 11.3 Å². The summed E-state index contributed by atoms with van der Waals surface area (Å²) in [5.41, 5.74) is 5.00. The van der Waals surface area contributed by atoms with Crippen molar-refractivity contribution in [3.05, 3.63) is 47.4 Å². The third-order valence-electron chi connectivity index (χ3n) is 4.40. The lowest BCUT2D eigenvalue weighted by atomic mass is 10.1. The quantitative estimate of drug-likeness (QED) is 0.689. The number of methoxy groups -OCH3 is 1. The zero-order chi connectivity index (χ0) is 19.4. The molecule has 0 aliphatic heterocycles. The third kappa shape index (κ3) is 4.02. The summed E-state index contributed by atoms with van der Waals surface area (Å²) >= 11 is 0. The maximum atomic E-state index is 5.63. The summed E-state index contributed by atoms with van der Waals surface area (Å²) in [5, 5.41) is 7.74. The van der Waals surface area contributed by atoms with Gasteiger partial charge in [0.05, 0.1) is 25.1 Å². The van der Waals surface area contributed by atoms with Gasteiger partial charge in [-0.25, -0.2) is 9.97 Å². The van der Waals surface area contributed by atoms with Crippen molar-refractivity contribution >= 4 is 5.95 Å². The van der Waals surface area contributed by atoms with E-state index in [4.69, 9.17) is 9.47 Å². The van der Waals surface area contributed by atoms with Gasteiger partial charge in [0, 0.05) is 31.0 Å². The number of nitrogens with one attached hydrogen (secondary N) is 1. The second-order valence-corrected chi connectivity index (χ2v) is 6.21. The van der Waals surface area contributed by atoms with E-state index >= 15 is 0 Å². The van der Waals surface area contributed by atoms with Crippen LogP contribution in [0.4, 0.5) is 5.95 Å². The van der Waals surface area contributed by atoms with E-state index in [1.165, 1.54) is 0 Å². The monoisotopic (exact) mass is 367 g/mol. The molecule has 1 N–H and O–H groups in total. The molecule has 1 aromatic carbocycles. The van der Waals surface area contributed by atoms with Gasteiger partial charge in [-0.05, 0) is 44.5 Å². The number of rotatable bonds is 7. The summed E-state index contributed by atoms with van der Waals surface area (Å²) in [7, 11) is 3.57. The van der Waals surface area contributed by atoms with E-state index in [0.717, 1.165) is 39.7 Å². The van der Waals surface area contributed by atoms with E-state index < -0.39 is 0 Å². The van der Waals surface area contributed by atoms with Gasteiger partial charge in [-0.3, -0.25) is 4.68 Å². The second kappa shape index (κ2) is 8.07. The molecular weight excluding hydrogens is 342 g/mol. The van der Waals surface area contributed by atoms with Crippen molar-refractivity contribution in [2.75, 3.05) is 19.0 Å². The Bertz CT molecular complexity index is 936. The standard InChI is InChI=1S/C20H25N5O2/c1-6-27-18-11-15(7-8-17(18)26-5)12-22-20-21-10-9-16(23-20)19-13(2)24-25(4)14(19)3/h7-11H,6,12H2,1-5H3,(H,21,22,23). The van der Waals surface area contributed by atoms with E-state index in [2.05, 4.69) is 20.4 Å². The van der Waals surface area contributed by atoms with Gasteiger partial charge in [0.1, 0.15) is 0 Å². The Labute approximate surface area is 159 Å². The lowest BCUT2D eigenvalue weighted by Crippen LogP contribution is -2.05. The molecule has 0 bridgehead atoms. The van der Waals surface area contributed by atoms with Gasteiger partial charge >= 0.3 is 0 Å². The maximum Gasteiger partial charge on any atom is 0.223 e. The minimum Gasteiger partial charge on any atom is -0.493 e. The van der Waals surface area contributed by atoms with Crippen molar-refractivity contribution in [1.82, 2.24) is 19.7 Å². The van der Waals surface area contributed by atoms with Gasteiger partial charge in [0.25, 0.3) is 0 Å². The molecule has 0 aliphatic rings.